The Labute approximate surface area is 107 Å². The van der Waals surface area contributed by atoms with E-state index >= 15 is 0 Å². The first kappa shape index (κ1) is 14.1. The van der Waals surface area contributed by atoms with Gasteiger partial charge in [-0.2, -0.15) is 0 Å². The Morgan fingerprint density at radius 3 is 2.72 bits per heavy atom. The number of esters is 1. The Kier molecular flexibility index (Phi) is 5.24. The highest BCUT2D eigenvalue weighted by Gasteiger charge is 2.10. The van der Waals surface area contributed by atoms with Crippen LogP contribution in [0.3, 0.4) is 0 Å². The molecular formula is C14H18O4. The molecule has 0 amide bonds. The predicted octanol–water partition coefficient (Wildman–Crippen LogP) is 2.91. The zero-order valence-corrected chi connectivity index (χ0v) is 10.9. The summed E-state index contributed by atoms with van der Waals surface area (Å²) in [6.45, 7) is 6.32. The van der Waals surface area contributed by atoms with Gasteiger partial charge in [0.25, 0.3) is 0 Å². The molecule has 0 radical (unpaired) electrons. The average Bonchev–Trinajstić information content (AvgIpc) is 2.31. The molecule has 0 aliphatic carbocycles. The molecule has 0 saturated carbocycles. The van der Waals surface area contributed by atoms with Crippen LogP contribution in [-0.2, 0) is 4.74 Å². The number of benzene rings is 1. The highest BCUT2D eigenvalue weighted by atomic mass is 16.5. The lowest BCUT2D eigenvalue weighted by Crippen LogP contribution is -2.05. The Bertz CT molecular complexity index is 445. The van der Waals surface area contributed by atoms with Crippen LogP contribution in [0.4, 0.5) is 0 Å². The molecule has 0 aromatic heterocycles. The van der Waals surface area contributed by atoms with Crippen LogP contribution in [0, 0.1) is 0 Å². The van der Waals surface area contributed by atoms with E-state index in [2.05, 4.69) is 0 Å². The maximum absolute atomic E-state index is 11.5. The smallest absolute Gasteiger partial charge is 0.338 e. The third-order valence-corrected chi connectivity index (χ3v) is 2.20. The van der Waals surface area contributed by atoms with Crippen molar-refractivity contribution in [2.24, 2.45) is 0 Å². The van der Waals surface area contributed by atoms with Gasteiger partial charge in [0, 0.05) is 0 Å². The number of ether oxygens (including phenoxy) is 2. The number of hydrogen-bond donors (Lipinski definition) is 1. The van der Waals surface area contributed by atoms with Gasteiger partial charge in [-0.1, -0.05) is 5.57 Å². The molecule has 0 spiro atoms. The van der Waals surface area contributed by atoms with Gasteiger partial charge < -0.3 is 14.6 Å². The molecule has 0 fully saturated rings. The number of phenols is 1. The maximum atomic E-state index is 11.5. The van der Waals surface area contributed by atoms with Gasteiger partial charge >= 0.3 is 5.97 Å². The van der Waals surface area contributed by atoms with Crippen molar-refractivity contribution in [3.8, 4) is 11.5 Å². The molecule has 0 bridgehead atoms. The van der Waals surface area contributed by atoms with Crippen molar-refractivity contribution >= 4 is 5.97 Å². The first-order chi connectivity index (χ1) is 8.54. The van der Waals surface area contributed by atoms with Gasteiger partial charge in [-0.15, -0.1) is 0 Å². The fraction of sp³-hybridized carbons (Fsp3) is 0.357. The molecule has 1 aromatic carbocycles. The van der Waals surface area contributed by atoms with Crippen molar-refractivity contribution in [2.45, 2.75) is 20.8 Å². The molecule has 0 heterocycles. The van der Waals surface area contributed by atoms with Gasteiger partial charge in [0.1, 0.15) is 6.61 Å². The summed E-state index contributed by atoms with van der Waals surface area (Å²) in [6.07, 6.45) is 1.89. The summed E-state index contributed by atoms with van der Waals surface area (Å²) in [6, 6.07) is 4.40. The average molecular weight is 250 g/mol. The van der Waals surface area contributed by atoms with Crippen molar-refractivity contribution < 1.29 is 19.4 Å². The van der Waals surface area contributed by atoms with Crippen molar-refractivity contribution in [1.82, 2.24) is 0 Å². The quantitative estimate of drug-likeness (QED) is 0.645. The van der Waals surface area contributed by atoms with E-state index in [1.165, 1.54) is 18.2 Å². The van der Waals surface area contributed by atoms with Crippen LogP contribution in [0.25, 0.3) is 0 Å². The molecule has 18 heavy (non-hydrogen) atoms. The second kappa shape index (κ2) is 6.69. The Balaban J connectivity index is 2.81. The van der Waals surface area contributed by atoms with Gasteiger partial charge in [-0.3, -0.25) is 0 Å². The molecule has 0 aliphatic rings. The van der Waals surface area contributed by atoms with Crippen LogP contribution in [0.1, 0.15) is 31.1 Å². The lowest BCUT2D eigenvalue weighted by atomic mass is 10.2. The highest BCUT2D eigenvalue weighted by Crippen LogP contribution is 2.27. The first-order valence-electron chi connectivity index (χ1n) is 5.81. The summed E-state index contributed by atoms with van der Waals surface area (Å²) in [5, 5.41) is 9.61. The van der Waals surface area contributed by atoms with Crippen LogP contribution in [0.2, 0.25) is 0 Å². The minimum absolute atomic E-state index is 0.00482. The van der Waals surface area contributed by atoms with Gasteiger partial charge in [-0.25, -0.2) is 4.79 Å². The van der Waals surface area contributed by atoms with E-state index in [1.807, 2.05) is 19.9 Å². The van der Waals surface area contributed by atoms with E-state index in [-0.39, 0.29) is 11.5 Å². The largest absolute Gasteiger partial charge is 0.504 e. The van der Waals surface area contributed by atoms with Crippen LogP contribution >= 0.6 is 0 Å². The predicted molar refractivity (Wildman–Crippen MR) is 69.0 cm³/mol. The van der Waals surface area contributed by atoms with E-state index in [1.54, 1.807) is 6.92 Å². The summed E-state index contributed by atoms with van der Waals surface area (Å²) in [4.78, 5) is 11.5. The molecule has 4 nitrogen and oxygen atoms in total. The molecule has 4 heteroatoms. The fourth-order valence-corrected chi connectivity index (χ4v) is 1.27. The van der Waals surface area contributed by atoms with E-state index in [0.29, 0.717) is 18.8 Å². The van der Waals surface area contributed by atoms with Crippen molar-refractivity contribution in [1.29, 1.82) is 0 Å². The summed E-state index contributed by atoms with van der Waals surface area (Å²) in [5.74, 6) is -0.146. The molecule has 0 saturated heterocycles. The zero-order chi connectivity index (χ0) is 13.5. The fourth-order valence-electron chi connectivity index (χ4n) is 1.27. The molecule has 0 aliphatic heterocycles. The Morgan fingerprint density at radius 1 is 1.39 bits per heavy atom. The van der Waals surface area contributed by atoms with Crippen LogP contribution < -0.4 is 4.74 Å². The maximum Gasteiger partial charge on any atom is 0.338 e. The van der Waals surface area contributed by atoms with E-state index in [0.717, 1.165) is 5.57 Å². The van der Waals surface area contributed by atoms with Gasteiger partial charge in [0.2, 0.25) is 0 Å². The summed E-state index contributed by atoms with van der Waals surface area (Å²) in [7, 11) is 0. The number of allylic oxidation sites excluding steroid dienone is 1. The first-order valence-corrected chi connectivity index (χ1v) is 5.81. The second-order valence-electron chi connectivity index (χ2n) is 4.00. The highest BCUT2D eigenvalue weighted by molar-refractivity contribution is 5.90. The zero-order valence-electron chi connectivity index (χ0n) is 10.9. The topological polar surface area (TPSA) is 55.8 Å². The number of carbonyl (C=O) groups is 1. The van der Waals surface area contributed by atoms with Crippen molar-refractivity contribution in [3.63, 3.8) is 0 Å². The minimum atomic E-state index is -0.426. The SMILES string of the molecule is CCOC(=O)c1ccc(O)c(OCC=C(C)C)c1. The molecule has 1 N–H and O–H groups in total. The van der Waals surface area contributed by atoms with Crippen LogP contribution in [0.5, 0.6) is 11.5 Å². The molecule has 98 valence electrons. The Hall–Kier alpha value is -1.97. The molecule has 0 unspecified atom stereocenters. The second-order valence-corrected chi connectivity index (χ2v) is 4.00. The minimum Gasteiger partial charge on any atom is -0.504 e. The molecule has 0 atom stereocenters. The summed E-state index contributed by atoms with van der Waals surface area (Å²) in [5.41, 5.74) is 1.48. The van der Waals surface area contributed by atoms with Crippen LogP contribution in [0.15, 0.2) is 29.8 Å². The number of hydrogen-bond acceptors (Lipinski definition) is 4. The summed E-state index contributed by atoms with van der Waals surface area (Å²) >= 11 is 0. The number of aromatic hydroxyl groups is 1. The molecular weight excluding hydrogens is 232 g/mol. The van der Waals surface area contributed by atoms with Gasteiger partial charge in [-0.05, 0) is 45.0 Å². The van der Waals surface area contributed by atoms with E-state index in [4.69, 9.17) is 9.47 Å². The van der Waals surface area contributed by atoms with Gasteiger partial charge in [0.15, 0.2) is 11.5 Å². The van der Waals surface area contributed by atoms with Crippen molar-refractivity contribution in [3.05, 3.63) is 35.4 Å². The monoisotopic (exact) mass is 250 g/mol. The number of phenolic OH excluding ortho intramolecular Hbond substituents is 1. The van der Waals surface area contributed by atoms with Crippen LogP contribution in [-0.4, -0.2) is 24.3 Å². The lowest BCUT2D eigenvalue weighted by molar-refractivity contribution is 0.0526. The number of carbonyl (C=O) groups excluding carboxylic acids is 1. The Morgan fingerprint density at radius 2 is 2.11 bits per heavy atom. The molecule has 1 rings (SSSR count). The van der Waals surface area contributed by atoms with E-state index < -0.39 is 5.97 Å². The normalized spacial score (nSPS) is 9.72. The van der Waals surface area contributed by atoms with Crippen molar-refractivity contribution in [2.75, 3.05) is 13.2 Å². The van der Waals surface area contributed by atoms with Gasteiger partial charge in [0.05, 0.1) is 12.2 Å². The third-order valence-electron chi connectivity index (χ3n) is 2.20. The lowest BCUT2D eigenvalue weighted by Gasteiger charge is -2.08. The third kappa shape index (κ3) is 4.13. The number of rotatable bonds is 5. The summed E-state index contributed by atoms with van der Waals surface area (Å²) < 4.78 is 10.3. The standard InChI is InChI=1S/C14H18O4/c1-4-17-14(16)11-5-6-12(15)13(9-11)18-8-7-10(2)3/h5-7,9,15H,4,8H2,1-3H3. The molecule has 1 aromatic rings. The van der Waals surface area contributed by atoms with E-state index in [9.17, 15) is 9.90 Å².